The lowest BCUT2D eigenvalue weighted by atomic mass is 10.1. The van der Waals surface area contributed by atoms with E-state index in [1.54, 1.807) is 49.6 Å². The summed E-state index contributed by atoms with van der Waals surface area (Å²) in [7, 11) is 1.56. The molecule has 1 aliphatic rings. The van der Waals surface area contributed by atoms with Gasteiger partial charge in [0.05, 0.1) is 23.4 Å². The molecule has 0 aliphatic heterocycles. The van der Waals surface area contributed by atoms with Gasteiger partial charge in [0.1, 0.15) is 10.6 Å². The van der Waals surface area contributed by atoms with Crippen LogP contribution in [0.4, 0.5) is 4.79 Å². The first-order valence-corrected chi connectivity index (χ1v) is 12.1. The van der Waals surface area contributed by atoms with Crippen molar-refractivity contribution in [3.05, 3.63) is 45.1 Å². The van der Waals surface area contributed by atoms with Crippen LogP contribution in [0, 0.1) is 0 Å². The van der Waals surface area contributed by atoms with Crippen LogP contribution in [-0.4, -0.2) is 33.8 Å². The maximum absolute atomic E-state index is 13.8. The molecule has 0 saturated heterocycles. The number of aryl methyl sites for hydroxylation is 2. The number of methoxy groups -OCH3 is 1. The predicted molar refractivity (Wildman–Crippen MR) is 126 cm³/mol. The molecule has 3 N–H and O–H groups in total. The molecule has 0 spiro atoms. The highest BCUT2D eigenvalue weighted by molar-refractivity contribution is 8.00. The standard InChI is InChI=1S/C22H24N4O4S2/c1-12(18(27)24-21(23)29)31-22-25-19-17(15-9-4-3-5-10-16(15)32-19)20(28)26(22)13-7-6-8-14(11-13)30-2/h6-8,11-12H,3-5,9-10H2,1-2H3,(H3,23,24,27,29). The van der Waals surface area contributed by atoms with E-state index < -0.39 is 17.2 Å². The van der Waals surface area contributed by atoms with Gasteiger partial charge in [-0.3, -0.25) is 19.5 Å². The molecule has 168 valence electrons. The Labute approximate surface area is 193 Å². The average molecular weight is 473 g/mol. The topological polar surface area (TPSA) is 116 Å². The number of fused-ring (bicyclic) bond motifs is 3. The lowest BCUT2D eigenvalue weighted by Gasteiger charge is -2.16. The van der Waals surface area contributed by atoms with Crippen LogP contribution >= 0.6 is 23.1 Å². The average Bonchev–Trinajstić information content (AvgIpc) is 2.94. The minimum atomic E-state index is -0.918. The lowest BCUT2D eigenvalue weighted by molar-refractivity contribution is -0.119. The number of carbonyl (C=O) groups is 2. The quantitative estimate of drug-likeness (QED) is 0.334. The summed E-state index contributed by atoms with van der Waals surface area (Å²) >= 11 is 2.67. The second-order valence-corrected chi connectivity index (χ2v) is 9.99. The van der Waals surface area contributed by atoms with E-state index in [-0.39, 0.29) is 5.56 Å². The molecule has 10 heteroatoms. The van der Waals surface area contributed by atoms with Crippen LogP contribution in [0.15, 0.2) is 34.2 Å². The molecule has 1 unspecified atom stereocenters. The number of hydrogen-bond acceptors (Lipinski definition) is 7. The van der Waals surface area contributed by atoms with Gasteiger partial charge < -0.3 is 10.5 Å². The number of aromatic nitrogens is 2. The Morgan fingerprint density at radius 1 is 1.28 bits per heavy atom. The molecule has 0 bridgehead atoms. The van der Waals surface area contributed by atoms with Crippen molar-refractivity contribution in [1.29, 1.82) is 0 Å². The minimum absolute atomic E-state index is 0.160. The molecule has 1 aromatic carbocycles. The number of nitrogens with zero attached hydrogens (tertiary/aromatic N) is 2. The summed E-state index contributed by atoms with van der Waals surface area (Å²) in [4.78, 5) is 43.9. The van der Waals surface area contributed by atoms with Crippen molar-refractivity contribution < 1.29 is 14.3 Å². The highest BCUT2D eigenvalue weighted by Gasteiger charge is 2.25. The van der Waals surface area contributed by atoms with Gasteiger partial charge in [-0.2, -0.15) is 0 Å². The van der Waals surface area contributed by atoms with Gasteiger partial charge in [-0.25, -0.2) is 9.78 Å². The summed E-state index contributed by atoms with van der Waals surface area (Å²) in [6.45, 7) is 1.64. The smallest absolute Gasteiger partial charge is 0.318 e. The van der Waals surface area contributed by atoms with Gasteiger partial charge >= 0.3 is 6.03 Å². The number of nitrogens with one attached hydrogen (secondary N) is 1. The fourth-order valence-corrected chi connectivity index (χ4v) is 6.08. The summed E-state index contributed by atoms with van der Waals surface area (Å²) < 4.78 is 6.87. The number of urea groups is 1. The van der Waals surface area contributed by atoms with E-state index in [0.29, 0.717) is 26.8 Å². The van der Waals surface area contributed by atoms with Crippen molar-refractivity contribution in [2.45, 2.75) is 49.4 Å². The number of nitrogens with two attached hydrogens (primary N) is 1. The normalized spacial score (nSPS) is 14.4. The fraction of sp³-hybridized carbons (Fsp3) is 0.364. The number of benzene rings is 1. The van der Waals surface area contributed by atoms with Crippen LogP contribution in [0.2, 0.25) is 0 Å². The van der Waals surface area contributed by atoms with Gasteiger partial charge in [0.15, 0.2) is 5.16 Å². The number of primary amides is 1. The Morgan fingerprint density at radius 2 is 2.06 bits per heavy atom. The third-order valence-corrected chi connectivity index (χ3v) is 7.66. The second kappa shape index (κ2) is 9.33. The first-order chi connectivity index (χ1) is 15.4. The summed E-state index contributed by atoms with van der Waals surface area (Å²) in [5.41, 5.74) is 6.63. The maximum atomic E-state index is 13.8. The summed E-state index contributed by atoms with van der Waals surface area (Å²) in [5.74, 6) is 0.0603. The molecule has 3 aromatic rings. The molecule has 0 fully saturated rings. The van der Waals surface area contributed by atoms with Gasteiger partial charge in [-0.15, -0.1) is 11.3 Å². The van der Waals surface area contributed by atoms with Crippen molar-refractivity contribution in [2.75, 3.05) is 7.11 Å². The van der Waals surface area contributed by atoms with Crippen LogP contribution in [0.1, 0.15) is 36.6 Å². The number of thiophene rings is 1. The zero-order valence-corrected chi connectivity index (χ0v) is 19.5. The number of amides is 3. The van der Waals surface area contributed by atoms with Crippen molar-refractivity contribution in [3.8, 4) is 11.4 Å². The van der Waals surface area contributed by atoms with Gasteiger partial charge in [-0.1, -0.05) is 24.2 Å². The lowest BCUT2D eigenvalue weighted by Crippen LogP contribution is -2.39. The van der Waals surface area contributed by atoms with Crippen molar-refractivity contribution in [2.24, 2.45) is 5.73 Å². The maximum Gasteiger partial charge on any atom is 0.318 e. The van der Waals surface area contributed by atoms with E-state index in [4.69, 9.17) is 15.5 Å². The molecule has 4 rings (SSSR count). The van der Waals surface area contributed by atoms with Gasteiger partial charge in [-0.05, 0) is 50.3 Å². The van der Waals surface area contributed by atoms with Gasteiger partial charge in [0.2, 0.25) is 5.91 Å². The number of ether oxygens (including phenoxy) is 1. The van der Waals surface area contributed by atoms with E-state index in [1.807, 2.05) is 0 Å². The largest absolute Gasteiger partial charge is 0.497 e. The number of hydrogen-bond donors (Lipinski definition) is 2. The highest BCUT2D eigenvalue weighted by atomic mass is 32.2. The number of rotatable bonds is 5. The van der Waals surface area contributed by atoms with E-state index >= 15 is 0 Å². The van der Waals surface area contributed by atoms with Crippen LogP contribution < -0.4 is 21.3 Å². The van der Waals surface area contributed by atoms with Crippen LogP contribution in [0.5, 0.6) is 5.75 Å². The Balaban J connectivity index is 1.90. The number of thioether (sulfide) groups is 1. The Kier molecular flexibility index (Phi) is 6.52. The predicted octanol–water partition coefficient (Wildman–Crippen LogP) is 3.40. The van der Waals surface area contributed by atoms with E-state index in [0.717, 1.165) is 49.4 Å². The first-order valence-electron chi connectivity index (χ1n) is 10.4. The molecule has 0 radical (unpaired) electrons. The molecule has 2 aromatic heterocycles. The molecule has 8 nitrogen and oxygen atoms in total. The van der Waals surface area contributed by atoms with E-state index in [2.05, 4.69) is 5.32 Å². The molecule has 0 saturated carbocycles. The third kappa shape index (κ3) is 4.37. The fourth-order valence-electron chi connectivity index (χ4n) is 3.85. The van der Waals surface area contributed by atoms with E-state index in [9.17, 15) is 14.4 Å². The number of carbonyl (C=O) groups excluding carboxylic acids is 2. The van der Waals surface area contributed by atoms with Crippen molar-refractivity contribution >= 4 is 45.3 Å². The zero-order valence-electron chi connectivity index (χ0n) is 17.8. The molecule has 32 heavy (non-hydrogen) atoms. The molecular weight excluding hydrogens is 448 g/mol. The molecule has 3 amide bonds. The summed E-state index contributed by atoms with van der Waals surface area (Å²) in [6, 6.07) is 6.25. The van der Waals surface area contributed by atoms with Gasteiger partial charge in [0, 0.05) is 10.9 Å². The Morgan fingerprint density at radius 3 is 2.81 bits per heavy atom. The van der Waals surface area contributed by atoms with Crippen LogP contribution in [-0.2, 0) is 17.6 Å². The Bertz CT molecular complexity index is 1250. The minimum Gasteiger partial charge on any atom is -0.497 e. The highest BCUT2D eigenvalue weighted by Crippen LogP contribution is 2.35. The third-order valence-electron chi connectivity index (χ3n) is 5.42. The zero-order chi connectivity index (χ0) is 22.8. The van der Waals surface area contributed by atoms with Crippen molar-refractivity contribution in [1.82, 2.24) is 14.9 Å². The summed E-state index contributed by atoms with van der Waals surface area (Å²) in [6.07, 6.45) is 5.14. The summed E-state index contributed by atoms with van der Waals surface area (Å²) in [5, 5.41) is 2.43. The van der Waals surface area contributed by atoms with E-state index in [1.165, 1.54) is 9.44 Å². The van der Waals surface area contributed by atoms with Crippen molar-refractivity contribution in [3.63, 3.8) is 0 Å². The molecule has 1 aliphatic carbocycles. The monoisotopic (exact) mass is 472 g/mol. The van der Waals surface area contributed by atoms with Crippen LogP contribution in [0.3, 0.4) is 0 Å². The first kappa shape index (κ1) is 22.3. The SMILES string of the molecule is COc1cccc(-n2c(SC(C)C(=O)NC(N)=O)nc3sc4c(c3c2=O)CCCCC4)c1. The van der Waals surface area contributed by atoms with Crippen LogP contribution in [0.25, 0.3) is 15.9 Å². The number of imide groups is 1. The molecule has 2 heterocycles. The molecular formula is C22H24N4O4S2. The second-order valence-electron chi connectivity index (χ2n) is 7.59. The molecule has 1 atom stereocenters. The van der Waals surface area contributed by atoms with Gasteiger partial charge in [0.25, 0.3) is 5.56 Å². The Hall–Kier alpha value is -2.85.